The summed E-state index contributed by atoms with van der Waals surface area (Å²) in [4.78, 5) is 4.54. The largest absolute Gasteiger partial charge is 0.376 e. The highest BCUT2D eigenvalue weighted by Gasteiger charge is 2.40. The standard InChI is InChI=1S/C16H20N2OS/c1-10(12-8-15-13(17-9-12)5-7-20-15)18-14-4-6-19-16(14)11-2-3-11/h5,7-11,14,16,18H,2-4,6H2,1H3. The fraction of sp³-hybridized carbons (Fsp3) is 0.562. The van der Waals surface area contributed by atoms with Gasteiger partial charge in [-0.05, 0) is 55.2 Å². The van der Waals surface area contributed by atoms with Crippen LogP contribution in [-0.2, 0) is 4.74 Å². The van der Waals surface area contributed by atoms with Crippen molar-refractivity contribution in [3.05, 3.63) is 29.3 Å². The Hall–Kier alpha value is -0.970. The highest BCUT2D eigenvalue weighted by molar-refractivity contribution is 7.17. The minimum Gasteiger partial charge on any atom is -0.376 e. The second kappa shape index (κ2) is 5.10. The molecule has 1 N–H and O–H groups in total. The SMILES string of the molecule is CC(NC1CCOC1C1CC1)c1cnc2ccsc2c1. The van der Waals surface area contributed by atoms with E-state index in [1.165, 1.54) is 23.1 Å². The molecule has 3 unspecified atom stereocenters. The van der Waals surface area contributed by atoms with E-state index in [0.717, 1.165) is 24.5 Å². The first kappa shape index (κ1) is 12.7. The number of hydrogen-bond donors (Lipinski definition) is 1. The van der Waals surface area contributed by atoms with Gasteiger partial charge in [0, 0.05) is 24.9 Å². The summed E-state index contributed by atoms with van der Waals surface area (Å²) in [6.45, 7) is 3.15. The summed E-state index contributed by atoms with van der Waals surface area (Å²) < 4.78 is 7.18. The first-order valence-electron chi connectivity index (χ1n) is 7.52. The van der Waals surface area contributed by atoms with Gasteiger partial charge in [-0.25, -0.2) is 0 Å². The quantitative estimate of drug-likeness (QED) is 0.934. The highest BCUT2D eigenvalue weighted by atomic mass is 32.1. The Balaban J connectivity index is 1.49. The Bertz CT molecular complexity index is 607. The summed E-state index contributed by atoms with van der Waals surface area (Å²) in [6.07, 6.45) is 6.28. The predicted octanol–water partition coefficient (Wildman–Crippen LogP) is 3.51. The summed E-state index contributed by atoms with van der Waals surface area (Å²) in [6, 6.07) is 5.20. The molecule has 1 aliphatic heterocycles. The number of fused-ring (bicyclic) bond motifs is 1. The maximum Gasteiger partial charge on any atom is 0.0809 e. The molecule has 2 aliphatic rings. The number of rotatable bonds is 4. The van der Waals surface area contributed by atoms with E-state index in [-0.39, 0.29) is 0 Å². The molecule has 1 saturated carbocycles. The van der Waals surface area contributed by atoms with Crippen molar-refractivity contribution in [3.8, 4) is 0 Å². The van der Waals surface area contributed by atoms with Crippen molar-refractivity contribution in [2.24, 2.45) is 5.92 Å². The van der Waals surface area contributed by atoms with Gasteiger partial charge in [-0.1, -0.05) is 0 Å². The lowest BCUT2D eigenvalue weighted by molar-refractivity contribution is 0.0793. The number of ether oxygens (including phenoxy) is 1. The van der Waals surface area contributed by atoms with E-state index in [0.29, 0.717) is 18.2 Å². The third-order valence-electron chi connectivity index (χ3n) is 4.51. The molecule has 3 nitrogen and oxygen atoms in total. The van der Waals surface area contributed by atoms with Crippen LogP contribution < -0.4 is 5.32 Å². The molecule has 106 valence electrons. The smallest absolute Gasteiger partial charge is 0.0809 e. The van der Waals surface area contributed by atoms with E-state index in [9.17, 15) is 0 Å². The van der Waals surface area contributed by atoms with Gasteiger partial charge < -0.3 is 10.1 Å². The van der Waals surface area contributed by atoms with Crippen LogP contribution in [0.4, 0.5) is 0 Å². The molecule has 2 aromatic rings. The zero-order chi connectivity index (χ0) is 13.5. The normalized spacial score (nSPS) is 28.1. The molecule has 0 amide bonds. The van der Waals surface area contributed by atoms with Crippen molar-refractivity contribution >= 4 is 21.6 Å². The van der Waals surface area contributed by atoms with Crippen molar-refractivity contribution in [2.75, 3.05) is 6.61 Å². The van der Waals surface area contributed by atoms with E-state index < -0.39 is 0 Å². The van der Waals surface area contributed by atoms with Crippen LogP contribution in [0.3, 0.4) is 0 Å². The lowest BCUT2D eigenvalue weighted by Gasteiger charge is -2.24. The molecule has 20 heavy (non-hydrogen) atoms. The average Bonchev–Trinajstić information content (AvgIpc) is 3.01. The van der Waals surface area contributed by atoms with Gasteiger partial charge in [-0.3, -0.25) is 4.98 Å². The molecule has 4 heteroatoms. The predicted molar refractivity (Wildman–Crippen MR) is 82.0 cm³/mol. The van der Waals surface area contributed by atoms with Gasteiger partial charge in [0.05, 0.1) is 16.3 Å². The number of pyridine rings is 1. The van der Waals surface area contributed by atoms with Gasteiger partial charge in [0.1, 0.15) is 0 Å². The third kappa shape index (κ3) is 2.36. The van der Waals surface area contributed by atoms with Crippen molar-refractivity contribution in [3.63, 3.8) is 0 Å². The molecule has 0 radical (unpaired) electrons. The molecule has 2 fully saturated rings. The Labute approximate surface area is 123 Å². The Kier molecular flexibility index (Phi) is 3.25. The van der Waals surface area contributed by atoms with Crippen molar-refractivity contribution < 1.29 is 4.74 Å². The molecule has 0 bridgehead atoms. The van der Waals surface area contributed by atoms with E-state index in [1.807, 2.05) is 6.20 Å². The topological polar surface area (TPSA) is 34.1 Å². The average molecular weight is 288 g/mol. The number of hydrogen-bond acceptors (Lipinski definition) is 4. The molecule has 0 spiro atoms. The summed E-state index contributed by atoms with van der Waals surface area (Å²) in [7, 11) is 0. The van der Waals surface area contributed by atoms with E-state index in [1.54, 1.807) is 11.3 Å². The van der Waals surface area contributed by atoms with Crippen LogP contribution in [0.25, 0.3) is 10.2 Å². The Morgan fingerprint density at radius 3 is 3.15 bits per heavy atom. The van der Waals surface area contributed by atoms with Crippen LogP contribution in [-0.4, -0.2) is 23.7 Å². The summed E-state index contributed by atoms with van der Waals surface area (Å²) >= 11 is 1.76. The van der Waals surface area contributed by atoms with Crippen LogP contribution in [0.1, 0.15) is 37.8 Å². The van der Waals surface area contributed by atoms with Crippen LogP contribution in [0.15, 0.2) is 23.7 Å². The second-order valence-corrected chi connectivity index (χ2v) is 6.98. The van der Waals surface area contributed by atoms with Gasteiger partial charge in [0.2, 0.25) is 0 Å². The highest BCUT2D eigenvalue weighted by Crippen LogP contribution is 2.39. The lowest BCUT2D eigenvalue weighted by Crippen LogP contribution is -2.39. The van der Waals surface area contributed by atoms with Gasteiger partial charge in [0.25, 0.3) is 0 Å². The minimum absolute atomic E-state index is 0.335. The number of thiophene rings is 1. The van der Waals surface area contributed by atoms with Crippen molar-refractivity contribution in [1.82, 2.24) is 10.3 Å². The summed E-state index contributed by atoms with van der Waals surface area (Å²) in [5.74, 6) is 0.806. The summed E-state index contributed by atoms with van der Waals surface area (Å²) in [5.41, 5.74) is 2.38. The maximum absolute atomic E-state index is 5.91. The van der Waals surface area contributed by atoms with E-state index in [2.05, 4.69) is 34.7 Å². The molecule has 3 heterocycles. The van der Waals surface area contributed by atoms with Crippen LogP contribution >= 0.6 is 11.3 Å². The zero-order valence-corrected chi connectivity index (χ0v) is 12.5. The zero-order valence-electron chi connectivity index (χ0n) is 11.7. The van der Waals surface area contributed by atoms with Crippen molar-refractivity contribution in [2.45, 2.75) is 44.4 Å². The minimum atomic E-state index is 0.335. The molecule has 4 rings (SSSR count). The van der Waals surface area contributed by atoms with Crippen molar-refractivity contribution in [1.29, 1.82) is 0 Å². The first-order chi connectivity index (χ1) is 9.81. The Morgan fingerprint density at radius 2 is 2.30 bits per heavy atom. The maximum atomic E-state index is 5.91. The third-order valence-corrected chi connectivity index (χ3v) is 5.36. The van der Waals surface area contributed by atoms with Crippen LogP contribution in [0.2, 0.25) is 0 Å². The molecule has 3 atom stereocenters. The molecular weight excluding hydrogens is 268 g/mol. The molecular formula is C16H20N2OS. The van der Waals surface area contributed by atoms with E-state index >= 15 is 0 Å². The van der Waals surface area contributed by atoms with Gasteiger partial charge >= 0.3 is 0 Å². The van der Waals surface area contributed by atoms with Gasteiger partial charge in [-0.15, -0.1) is 11.3 Å². The monoisotopic (exact) mass is 288 g/mol. The Morgan fingerprint density at radius 1 is 1.40 bits per heavy atom. The molecule has 1 saturated heterocycles. The molecule has 2 aromatic heterocycles. The molecule has 0 aromatic carbocycles. The second-order valence-electron chi connectivity index (χ2n) is 6.03. The first-order valence-corrected chi connectivity index (χ1v) is 8.40. The van der Waals surface area contributed by atoms with E-state index in [4.69, 9.17) is 4.74 Å². The fourth-order valence-corrected chi connectivity index (χ4v) is 3.98. The van der Waals surface area contributed by atoms with Crippen LogP contribution in [0, 0.1) is 5.92 Å². The fourth-order valence-electron chi connectivity index (χ4n) is 3.19. The lowest BCUT2D eigenvalue weighted by atomic mass is 10.0. The van der Waals surface area contributed by atoms with Crippen LogP contribution in [0.5, 0.6) is 0 Å². The van der Waals surface area contributed by atoms with Gasteiger partial charge in [-0.2, -0.15) is 0 Å². The summed E-state index contributed by atoms with van der Waals surface area (Å²) in [5, 5.41) is 5.87. The number of nitrogens with one attached hydrogen (secondary N) is 1. The number of aromatic nitrogens is 1. The molecule has 1 aliphatic carbocycles. The number of nitrogens with zero attached hydrogens (tertiary/aromatic N) is 1. The van der Waals surface area contributed by atoms with Gasteiger partial charge in [0.15, 0.2) is 0 Å².